The van der Waals surface area contributed by atoms with Crippen LogP contribution in [0.5, 0.6) is 0 Å². The predicted octanol–water partition coefficient (Wildman–Crippen LogP) is 3.93. The van der Waals surface area contributed by atoms with Crippen molar-refractivity contribution >= 4 is 39.7 Å². The number of ether oxygens (including phenoxy) is 1. The zero-order chi connectivity index (χ0) is 18.0. The molecule has 0 aliphatic carbocycles. The van der Waals surface area contributed by atoms with Gasteiger partial charge in [0.15, 0.2) is 5.13 Å². The Balaban J connectivity index is 1.88. The van der Waals surface area contributed by atoms with Crippen molar-refractivity contribution in [1.29, 1.82) is 0 Å². The van der Waals surface area contributed by atoms with Gasteiger partial charge in [-0.3, -0.25) is 14.6 Å². The van der Waals surface area contributed by atoms with Crippen molar-refractivity contribution in [3.63, 3.8) is 0 Å². The second-order valence-electron chi connectivity index (χ2n) is 6.28. The number of carbonyl (C=O) groups excluding carboxylic acids is 1. The molecule has 25 heavy (non-hydrogen) atoms. The smallest absolute Gasteiger partial charge is 0.230 e. The highest BCUT2D eigenvalue weighted by Crippen LogP contribution is 2.37. The molecular formula is C18H22ClN3O2S. The molecule has 0 bridgehead atoms. The van der Waals surface area contributed by atoms with E-state index in [1.807, 2.05) is 31.4 Å². The third-order valence-electron chi connectivity index (χ3n) is 4.16. The Labute approximate surface area is 157 Å². The molecule has 1 aliphatic heterocycles. The number of anilines is 2. The molecule has 0 radical (unpaired) electrons. The lowest BCUT2D eigenvalue weighted by Gasteiger charge is -2.25. The highest BCUT2D eigenvalue weighted by Gasteiger charge is 2.23. The molecule has 0 atom stereocenters. The number of halogens is 1. The molecule has 0 N–H and O–H groups in total. The van der Waals surface area contributed by atoms with E-state index in [4.69, 9.17) is 16.3 Å². The molecule has 1 amide bonds. The van der Waals surface area contributed by atoms with Crippen LogP contribution < -0.4 is 4.90 Å². The maximum Gasteiger partial charge on any atom is 0.230 e. The first-order valence-electron chi connectivity index (χ1n) is 8.27. The molecule has 2 heterocycles. The van der Waals surface area contributed by atoms with Gasteiger partial charge in [-0.05, 0) is 31.0 Å². The third-order valence-corrected chi connectivity index (χ3v) is 5.32. The van der Waals surface area contributed by atoms with Gasteiger partial charge in [0.25, 0.3) is 0 Å². The lowest BCUT2D eigenvalue weighted by Crippen LogP contribution is -2.35. The molecule has 5 nitrogen and oxygen atoms in total. The first-order valence-corrected chi connectivity index (χ1v) is 9.53. The summed E-state index contributed by atoms with van der Waals surface area (Å²) in [7, 11) is 0. The maximum atomic E-state index is 12.3. The minimum Gasteiger partial charge on any atom is -0.379 e. The number of amides is 1. The number of hydrogen-bond donors (Lipinski definition) is 0. The second kappa shape index (κ2) is 7.83. The van der Waals surface area contributed by atoms with Crippen LogP contribution in [0.3, 0.4) is 0 Å². The molecule has 0 unspecified atom stereocenters. The fourth-order valence-corrected chi connectivity index (χ4v) is 4.31. The van der Waals surface area contributed by atoms with Crippen LogP contribution in [0.4, 0.5) is 10.8 Å². The van der Waals surface area contributed by atoms with Crippen molar-refractivity contribution in [3.05, 3.63) is 39.4 Å². The summed E-state index contributed by atoms with van der Waals surface area (Å²) in [5, 5.41) is 3.24. The third kappa shape index (κ3) is 4.20. The number of aromatic nitrogens is 1. The molecule has 0 spiro atoms. The van der Waals surface area contributed by atoms with Gasteiger partial charge in [-0.25, -0.2) is 4.98 Å². The summed E-state index contributed by atoms with van der Waals surface area (Å²) in [4.78, 5) is 21.0. The van der Waals surface area contributed by atoms with Crippen LogP contribution in [0.1, 0.15) is 23.7 Å². The lowest BCUT2D eigenvalue weighted by atomic mass is 10.1. The molecule has 1 fully saturated rings. The van der Waals surface area contributed by atoms with Crippen molar-refractivity contribution in [2.75, 3.05) is 31.2 Å². The minimum absolute atomic E-state index is 0.0962. The highest BCUT2D eigenvalue weighted by atomic mass is 35.5. The average molecular weight is 380 g/mol. The van der Waals surface area contributed by atoms with Gasteiger partial charge in [-0.2, -0.15) is 0 Å². The van der Waals surface area contributed by atoms with E-state index >= 15 is 0 Å². The Bertz CT molecular complexity index is 748. The van der Waals surface area contributed by atoms with Crippen LogP contribution in [0.25, 0.3) is 0 Å². The molecular weight excluding hydrogens is 358 g/mol. The number of thiazole rings is 1. The number of nitrogens with zero attached hydrogens (tertiary/aromatic N) is 3. The van der Waals surface area contributed by atoms with E-state index in [1.165, 1.54) is 11.3 Å². The number of benzene rings is 1. The Morgan fingerprint density at radius 2 is 2.08 bits per heavy atom. The van der Waals surface area contributed by atoms with E-state index in [9.17, 15) is 4.79 Å². The number of morpholine rings is 1. The minimum atomic E-state index is -0.0962. The molecule has 134 valence electrons. The highest BCUT2D eigenvalue weighted by molar-refractivity contribution is 7.14. The van der Waals surface area contributed by atoms with Crippen LogP contribution in [-0.4, -0.2) is 42.1 Å². The first-order chi connectivity index (χ1) is 12.0. The summed E-state index contributed by atoms with van der Waals surface area (Å²) in [6.07, 6.45) is 0. The molecule has 3 rings (SSSR count). The van der Waals surface area contributed by atoms with E-state index in [0.29, 0.717) is 15.8 Å². The van der Waals surface area contributed by atoms with Crippen LogP contribution >= 0.6 is 22.9 Å². The number of rotatable bonds is 4. The van der Waals surface area contributed by atoms with Crippen molar-refractivity contribution < 1.29 is 9.53 Å². The predicted molar refractivity (Wildman–Crippen MR) is 102 cm³/mol. The lowest BCUT2D eigenvalue weighted by molar-refractivity contribution is -0.115. The monoisotopic (exact) mass is 379 g/mol. The van der Waals surface area contributed by atoms with E-state index in [-0.39, 0.29) is 5.91 Å². The van der Waals surface area contributed by atoms with Gasteiger partial charge in [0.2, 0.25) is 5.91 Å². The van der Waals surface area contributed by atoms with Gasteiger partial charge in [0.1, 0.15) is 0 Å². The van der Waals surface area contributed by atoms with Gasteiger partial charge in [0, 0.05) is 31.9 Å². The molecule has 1 saturated heterocycles. The Kier molecular flexibility index (Phi) is 5.74. The molecule has 1 aliphatic rings. The maximum absolute atomic E-state index is 12.3. The molecule has 2 aromatic rings. The van der Waals surface area contributed by atoms with Crippen LogP contribution in [0.15, 0.2) is 17.5 Å². The van der Waals surface area contributed by atoms with Gasteiger partial charge < -0.3 is 4.74 Å². The largest absolute Gasteiger partial charge is 0.379 e. The zero-order valence-electron chi connectivity index (χ0n) is 14.7. The van der Waals surface area contributed by atoms with Crippen molar-refractivity contribution in [2.24, 2.45) is 0 Å². The zero-order valence-corrected chi connectivity index (χ0v) is 16.3. The van der Waals surface area contributed by atoms with Crippen LogP contribution in [0.2, 0.25) is 5.02 Å². The van der Waals surface area contributed by atoms with Crippen LogP contribution in [0, 0.1) is 13.8 Å². The van der Waals surface area contributed by atoms with Crippen molar-refractivity contribution in [3.8, 4) is 0 Å². The van der Waals surface area contributed by atoms with E-state index < -0.39 is 0 Å². The summed E-state index contributed by atoms with van der Waals surface area (Å²) < 4.78 is 5.38. The second-order valence-corrected chi connectivity index (χ2v) is 7.52. The summed E-state index contributed by atoms with van der Waals surface area (Å²) in [6, 6.07) is 3.90. The fourth-order valence-electron chi connectivity index (χ4n) is 3.04. The average Bonchev–Trinajstić information content (AvgIpc) is 2.99. The normalized spacial score (nSPS) is 15.4. The van der Waals surface area contributed by atoms with Gasteiger partial charge >= 0.3 is 0 Å². The topological polar surface area (TPSA) is 45.7 Å². The van der Waals surface area contributed by atoms with Gasteiger partial charge in [-0.1, -0.05) is 17.7 Å². The first kappa shape index (κ1) is 18.3. The summed E-state index contributed by atoms with van der Waals surface area (Å²) >= 11 is 7.92. The van der Waals surface area contributed by atoms with Crippen molar-refractivity contribution in [2.45, 2.75) is 27.3 Å². The van der Waals surface area contributed by atoms with Crippen molar-refractivity contribution in [1.82, 2.24) is 9.88 Å². The summed E-state index contributed by atoms with van der Waals surface area (Å²) in [6.45, 7) is 9.60. The molecule has 7 heteroatoms. The fraction of sp³-hybridized carbons (Fsp3) is 0.444. The van der Waals surface area contributed by atoms with E-state index in [0.717, 1.165) is 49.7 Å². The standard InChI is InChI=1S/C18H22ClN3O2S/c1-12-8-13(2)17(16(19)9-12)22(14(3)23)18-20-15(11-25-18)10-21-4-6-24-7-5-21/h8-9,11H,4-7,10H2,1-3H3. The molecule has 1 aromatic carbocycles. The number of hydrogen-bond acceptors (Lipinski definition) is 5. The van der Waals surface area contributed by atoms with E-state index in [2.05, 4.69) is 9.88 Å². The molecule has 1 aromatic heterocycles. The van der Waals surface area contributed by atoms with Gasteiger partial charge in [0.05, 0.1) is 29.6 Å². The molecule has 0 saturated carbocycles. The van der Waals surface area contributed by atoms with Gasteiger partial charge in [-0.15, -0.1) is 11.3 Å². The Hall–Kier alpha value is -1.47. The Morgan fingerprint density at radius 3 is 2.72 bits per heavy atom. The quantitative estimate of drug-likeness (QED) is 0.807. The Morgan fingerprint density at radius 1 is 1.36 bits per heavy atom. The summed E-state index contributed by atoms with van der Waals surface area (Å²) in [5.41, 5.74) is 3.72. The van der Waals surface area contributed by atoms with Crippen LogP contribution in [-0.2, 0) is 16.1 Å². The summed E-state index contributed by atoms with van der Waals surface area (Å²) in [5.74, 6) is -0.0962. The number of aryl methyl sites for hydroxylation is 2. The van der Waals surface area contributed by atoms with E-state index in [1.54, 1.807) is 11.8 Å². The SMILES string of the molecule is CC(=O)N(c1nc(CN2CCOCC2)cs1)c1c(C)cc(C)cc1Cl. The number of carbonyl (C=O) groups is 1.